The van der Waals surface area contributed by atoms with E-state index in [9.17, 15) is 9.59 Å². The van der Waals surface area contributed by atoms with Crippen LogP contribution in [0, 0.1) is 5.92 Å². The fourth-order valence-electron chi connectivity index (χ4n) is 3.32. The smallest absolute Gasteiger partial charge is 0.324 e. The van der Waals surface area contributed by atoms with Crippen molar-refractivity contribution >= 4 is 40.7 Å². The van der Waals surface area contributed by atoms with Crippen LogP contribution in [0.15, 0.2) is 24.3 Å². The number of imidazole rings is 1. The quantitative estimate of drug-likeness (QED) is 0.710. The van der Waals surface area contributed by atoms with Gasteiger partial charge in [0.05, 0.1) is 11.0 Å². The minimum Gasteiger partial charge on any atom is -0.354 e. The van der Waals surface area contributed by atoms with Crippen molar-refractivity contribution in [3.8, 4) is 0 Å². The molecule has 7 nitrogen and oxygen atoms in total. The second kappa shape index (κ2) is 9.32. The van der Waals surface area contributed by atoms with E-state index in [0.717, 1.165) is 23.2 Å². The van der Waals surface area contributed by atoms with Gasteiger partial charge in [0, 0.05) is 19.6 Å². The van der Waals surface area contributed by atoms with E-state index in [2.05, 4.69) is 34.0 Å². The van der Waals surface area contributed by atoms with Crippen molar-refractivity contribution in [2.45, 2.75) is 39.3 Å². The highest BCUT2D eigenvalue weighted by atomic mass is 32.2. The highest BCUT2D eigenvalue weighted by Gasteiger charge is 2.30. The van der Waals surface area contributed by atoms with Crippen molar-refractivity contribution in [3.63, 3.8) is 0 Å². The molecule has 0 radical (unpaired) electrons. The third-order valence-corrected chi connectivity index (χ3v) is 5.56. The second-order valence-electron chi connectivity index (χ2n) is 7.46. The van der Waals surface area contributed by atoms with Crippen molar-refractivity contribution in [1.82, 2.24) is 20.2 Å². The molecule has 1 aliphatic rings. The molecule has 3 amide bonds. The number of nitrogens with one attached hydrogen (secondary N) is 2. The van der Waals surface area contributed by atoms with Gasteiger partial charge < -0.3 is 15.2 Å². The SMILES string of the molecule is CSCC[C@H](NC(=O)N1CCn2c1nc1ccccc12)C(=O)NCCC(C)C. The van der Waals surface area contributed by atoms with Crippen LogP contribution in [-0.2, 0) is 11.3 Å². The fourth-order valence-corrected chi connectivity index (χ4v) is 3.79. The summed E-state index contributed by atoms with van der Waals surface area (Å²) in [4.78, 5) is 31.7. The van der Waals surface area contributed by atoms with Crippen molar-refractivity contribution in [2.24, 2.45) is 5.92 Å². The molecular weight excluding hydrogens is 374 g/mol. The molecule has 0 fully saturated rings. The number of hydrogen-bond acceptors (Lipinski definition) is 4. The molecule has 3 rings (SSSR count). The molecule has 0 aliphatic carbocycles. The Morgan fingerprint density at radius 1 is 1.21 bits per heavy atom. The summed E-state index contributed by atoms with van der Waals surface area (Å²) >= 11 is 1.67. The fraction of sp³-hybridized carbons (Fsp3) is 0.550. The number of aromatic nitrogens is 2. The van der Waals surface area contributed by atoms with Crippen LogP contribution in [0.4, 0.5) is 10.7 Å². The van der Waals surface area contributed by atoms with Crippen LogP contribution in [0.1, 0.15) is 26.7 Å². The molecule has 0 bridgehead atoms. The maximum absolute atomic E-state index is 12.9. The van der Waals surface area contributed by atoms with E-state index in [4.69, 9.17) is 0 Å². The van der Waals surface area contributed by atoms with Gasteiger partial charge in [-0.15, -0.1) is 0 Å². The van der Waals surface area contributed by atoms with Crippen LogP contribution in [0.3, 0.4) is 0 Å². The number of anilines is 1. The summed E-state index contributed by atoms with van der Waals surface area (Å²) in [6.45, 7) is 6.14. The number of benzene rings is 1. The van der Waals surface area contributed by atoms with Crippen molar-refractivity contribution < 1.29 is 9.59 Å². The molecule has 28 heavy (non-hydrogen) atoms. The van der Waals surface area contributed by atoms with Crippen LogP contribution >= 0.6 is 11.8 Å². The molecule has 0 saturated heterocycles. The Morgan fingerprint density at radius 3 is 2.75 bits per heavy atom. The molecule has 1 aliphatic heterocycles. The van der Waals surface area contributed by atoms with Gasteiger partial charge >= 0.3 is 6.03 Å². The summed E-state index contributed by atoms with van der Waals surface area (Å²) in [5.41, 5.74) is 1.90. The topological polar surface area (TPSA) is 79.3 Å². The number of rotatable bonds is 8. The number of hydrogen-bond donors (Lipinski definition) is 2. The molecule has 0 spiro atoms. The zero-order valence-corrected chi connectivity index (χ0v) is 17.6. The van der Waals surface area contributed by atoms with E-state index < -0.39 is 6.04 Å². The molecule has 2 heterocycles. The average molecular weight is 404 g/mol. The maximum Gasteiger partial charge on any atom is 0.324 e. The largest absolute Gasteiger partial charge is 0.354 e. The standard InChI is InChI=1S/C20H29N5O2S/c1-14(2)8-10-21-18(26)16(9-13-28-3)23-20(27)25-12-11-24-17-7-5-4-6-15(17)22-19(24)25/h4-7,14,16H,8-13H2,1-3H3,(H,21,26)(H,23,27)/t16-/m0/s1. The van der Waals surface area contributed by atoms with Crippen molar-refractivity contribution in [2.75, 3.05) is 30.0 Å². The van der Waals surface area contributed by atoms with Crippen LogP contribution < -0.4 is 15.5 Å². The highest BCUT2D eigenvalue weighted by molar-refractivity contribution is 7.98. The number of para-hydroxylation sites is 2. The second-order valence-corrected chi connectivity index (χ2v) is 8.45. The number of fused-ring (bicyclic) bond motifs is 3. The zero-order chi connectivity index (χ0) is 20.1. The number of amides is 3. The van der Waals surface area contributed by atoms with Gasteiger partial charge in [-0.25, -0.2) is 9.78 Å². The summed E-state index contributed by atoms with van der Waals surface area (Å²) in [5, 5.41) is 5.88. The minimum atomic E-state index is -0.537. The Labute approximate surface area is 170 Å². The van der Waals surface area contributed by atoms with E-state index in [0.29, 0.717) is 37.9 Å². The molecule has 2 N–H and O–H groups in total. The molecular formula is C20H29N5O2S. The highest BCUT2D eigenvalue weighted by Crippen LogP contribution is 2.27. The molecule has 2 aromatic rings. The Bertz CT molecular complexity index is 835. The summed E-state index contributed by atoms with van der Waals surface area (Å²) in [6.07, 6.45) is 3.52. The lowest BCUT2D eigenvalue weighted by Crippen LogP contribution is -2.51. The van der Waals surface area contributed by atoms with Gasteiger partial charge in [-0.3, -0.25) is 9.69 Å². The molecule has 8 heteroatoms. The number of carbonyl (C=O) groups is 2. The van der Waals surface area contributed by atoms with Gasteiger partial charge in [-0.05, 0) is 42.9 Å². The number of nitrogens with zero attached hydrogens (tertiary/aromatic N) is 3. The van der Waals surface area contributed by atoms with Crippen LogP contribution in [0.5, 0.6) is 0 Å². The van der Waals surface area contributed by atoms with Crippen LogP contribution in [0.25, 0.3) is 11.0 Å². The lowest BCUT2D eigenvalue weighted by atomic mass is 10.1. The Balaban J connectivity index is 1.68. The average Bonchev–Trinajstić information content (AvgIpc) is 3.23. The third-order valence-electron chi connectivity index (χ3n) is 4.91. The number of thioether (sulfide) groups is 1. The van der Waals surface area contributed by atoms with Crippen molar-refractivity contribution in [1.29, 1.82) is 0 Å². The zero-order valence-electron chi connectivity index (χ0n) is 16.8. The monoisotopic (exact) mass is 403 g/mol. The molecule has 1 aromatic carbocycles. The third kappa shape index (κ3) is 4.60. The first kappa shape index (κ1) is 20.5. The van der Waals surface area contributed by atoms with E-state index in [1.54, 1.807) is 16.7 Å². The first-order valence-corrected chi connectivity index (χ1v) is 11.2. The van der Waals surface area contributed by atoms with Gasteiger partial charge in [-0.1, -0.05) is 26.0 Å². The summed E-state index contributed by atoms with van der Waals surface area (Å²) < 4.78 is 2.05. The normalized spacial score (nSPS) is 14.4. The van der Waals surface area contributed by atoms with Gasteiger partial charge in [0.2, 0.25) is 11.9 Å². The Kier molecular flexibility index (Phi) is 6.83. The first-order chi connectivity index (χ1) is 13.5. The maximum atomic E-state index is 12.9. The molecule has 0 saturated carbocycles. The summed E-state index contributed by atoms with van der Waals surface area (Å²) in [7, 11) is 0. The minimum absolute atomic E-state index is 0.115. The van der Waals surface area contributed by atoms with Crippen LogP contribution in [0.2, 0.25) is 0 Å². The first-order valence-electron chi connectivity index (χ1n) is 9.81. The lowest BCUT2D eigenvalue weighted by Gasteiger charge is -2.22. The van der Waals surface area contributed by atoms with Gasteiger partial charge in [0.15, 0.2) is 0 Å². The molecule has 152 valence electrons. The van der Waals surface area contributed by atoms with E-state index in [1.807, 2.05) is 30.5 Å². The van der Waals surface area contributed by atoms with E-state index in [1.165, 1.54) is 0 Å². The predicted molar refractivity (Wildman–Crippen MR) is 115 cm³/mol. The van der Waals surface area contributed by atoms with Crippen molar-refractivity contribution in [3.05, 3.63) is 24.3 Å². The summed E-state index contributed by atoms with van der Waals surface area (Å²) in [5.74, 6) is 1.86. The van der Waals surface area contributed by atoms with Gasteiger partial charge in [0.1, 0.15) is 6.04 Å². The Morgan fingerprint density at radius 2 is 2.00 bits per heavy atom. The lowest BCUT2D eigenvalue weighted by molar-refractivity contribution is -0.122. The van der Waals surface area contributed by atoms with Crippen LogP contribution in [-0.4, -0.2) is 52.6 Å². The van der Waals surface area contributed by atoms with E-state index >= 15 is 0 Å². The number of carbonyl (C=O) groups excluding carboxylic acids is 2. The molecule has 1 aromatic heterocycles. The number of urea groups is 1. The summed E-state index contributed by atoms with van der Waals surface area (Å²) in [6, 6.07) is 7.07. The van der Waals surface area contributed by atoms with Gasteiger partial charge in [-0.2, -0.15) is 11.8 Å². The van der Waals surface area contributed by atoms with Gasteiger partial charge in [0.25, 0.3) is 0 Å². The van der Waals surface area contributed by atoms with E-state index in [-0.39, 0.29) is 11.9 Å². The Hall–Kier alpha value is -2.22. The predicted octanol–water partition coefficient (Wildman–Crippen LogP) is 2.85. The molecule has 1 atom stereocenters. The molecule has 0 unspecified atom stereocenters.